The normalized spacial score (nSPS) is 13.3. The maximum absolute atomic E-state index is 12.7. The lowest BCUT2D eigenvalue weighted by Gasteiger charge is -2.18. The lowest BCUT2D eigenvalue weighted by molar-refractivity contribution is -0.384. The van der Waals surface area contributed by atoms with Gasteiger partial charge in [-0.2, -0.15) is 0 Å². The molecule has 1 heterocycles. The van der Waals surface area contributed by atoms with Crippen molar-refractivity contribution in [3.63, 3.8) is 0 Å². The standard InChI is InChI=1S/C19H20ClN3O5/c1-27-17-11-18(28-2)14(10-13(17)20)21-19(24)12-5-6-15(16(9-12)23(25)26)22-7-3-4-8-22/h5-6,9-11H,3-4,7-8H2,1-2H3,(H,21,24). The molecular weight excluding hydrogens is 386 g/mol. The molecule has 0 aromatic heterocycles. The maximum atomic E-state index is 12.7. The number of amides is 1. The molecule has 0 spiro atoms. The Bertz CT molecular complexity index is 913. The van der Waals surface area contributed by atoms with Crippen LogP contribution in [0.2, 0.25) is 5.02 Å². The number of ether oxygens (including phenoxy) is 2. The Morgan fingerprint density at radius 2 is 1.82 bits per heavy atom. The molecule has 0 atom stereocenters. The molecule has 3 rings (SSSR count). The predicted octanol–water partition coefficient (Wildman–Crippen LogP) is 4.12. The molecule has 0 saturated carbocycles. The van der Waals surface area contributed by atoms with E-state index in [1.54, 1.807) is 18.2 Å². The number of carbonyl (C=O) groups excluding carboxylic acids is 1. The largest absolute Gasteiger partial charge is 0.495 e. The van der Waals surface area contributed by atoms with Crippen LogP contribution in [-0.2, 0) is 0 Å². The highest BCUT2D eigenvalue weighted by Gasteiger charge is 2.24. The number of hydrogen-bond acceptors (Lipinski definition) is 6. The van der Waals surface area contributed by atoms with E-state index in [2.05, 4.69) is 5.32 Å². The van der Waals surface area contributed by atoms with Crippen molar-refractivity contribution in [1.82, 2.24) is 0 Å². The number of nitrogens with one attached hydrogen (secondary N) is 1. The third kappa shape index (κ3) is 3.96. The number of nitrogens with zero attached hydrogens (tertiary/aromatic N) is 2. The summed E-state index contributed by atoms with van der Waals surface area (Å²) in [5.41, 5.74) is 0.951. The first kappa shape index (κ1) is 19.8. The van der Waals surface area contributed by atoms with Gasteiger partial charge in [-0.15, -0.1) is 0 Å². The van der Waals surface area contributed by atoms with E-state index in [-0.39, 0.29) is 11.3 Å². The van der Waals surface area contributed by atoms with E-state index in [0.717, 1.165) is 25.9 Å². The highest BCUT2D eigenvalue weighted by Crippen LogP contribution is 2.37. The number of benzene rings is 2. The molecule has 1 saturated heterocycles. The molecule has 1 fully saturated rings. The SMILES string of the molecule is COc1cc(OC)c(NC(=O)c2ccc(N3CCCC3)c([N+](=O)[O-])c2)cc1Cl. The van der Waals surface area contributed by atoms with Gasteiger partial charge in [0, 0.05) is 30.8 Å². The molecule has 8 nitrogen and oxygen atoms in total. The third-order valence-corrected chi connectivity index (χ3v) is 4.90. The summed E-state index contributed by atoms with van der Waals surface area (Å²) in [6.45, 7) is 1.54. The van der Waals surface area contributed by atoms with Gasteiger partial charge in [0.2, 0.25) is 0 Å². The van der Waals surface area contributed by atoms with Crippen molar-refractivity contribution in [1.29, 1.82) is 0 Å². The molecule has 1 N–H and O–H groups in total. The zero-order valence-electron chi connectivity index (χ0n) is 15.5. The number of rotatable bonds is 6. The van der Waals surface area contributed by atoms with Gasteiger partial charge in [0.05, 0.1) is 29.9 Å². The van der Waals surface area contributed by atoms with Crippen LogP contribution in [-0.4, -0.2) is 38.1 Å². The maximum Gasteiger partial charge on any atom is 0.293 e. The van der Waals surface area contributed by atoms with Gasteiger partial charge in [0.25, 0.3) is 11.6 Å². The van der Waals surface area contributed by atoms with Crippen molar-refractivity contribution in [3.8, 4) is 11.5 Å². The van der Waals surface area contributed by atoms with Crippen LogP contribution in [0.5, 0.6) is 11.5 Å². The van der Waals surface area contributed by atoms with Crippen LogP contribution in [0, 0.1) is 10.1 Å². The van der Waals surface area contributed by atoms with Gasteiger partial charge in [-0.1, -0.05) is 11.6 Å². The molecule has 2 aromatic carbocycles. The Morgan fingerprint density at radius 1 is 1.14 bits per heavy atom. The second-order valence-corrected chi connectivity index (χ2v) is 6.70. The Morgan fingerprint density at radius 3 is 2.43 bits per heavy atom. The summed E-state index contributed by atoms with van der Waals surface area (Å²) in [4.78, 5) is 25.7. The van der Waals surface area contributed by atoms with E-state index in [1.165, 1.54) is 26.4 Å². The summed E-state index contributed by atoms with van der Waals surface area (Å²) in [7, 11) is 2.92. The van der Waals surface area contributed by atoms with E-state index in [1.807, 2.05) is 4.90 Å². The summed E-state index contributed by atoms with van der Waals surface area (Å²) < 4.78 is 10.4. The van der Waals surface area contributed by atoms with Gasteiger partial charge in [-0.05, 0) is 31.0 Å². The highest BCUT2D eigenvalue weighted by atomic mass is 35.5. The van der Waals surface area contributed by atoms with Gasteiger partial charge in [-0.3, -0.25) is 14.9 Å². The van der Waals surface area contributed by atoms with Gasteiger partial charge in [-0.25, -0.2) is 0 Å². The highest BCUT2D eigenvalue weighted by molar-refractivity contribution is 6.32. The Labute approximate surface area is 167 Å². The fourth-order valence-electron chi connectivity index (χ4n) is 3.19. The molecule has 1 aliphatic rings. The van der Waals surface area contributed by atoms with E-state index in [0.29, 0.717) is 27.9 Å². The summed E-state index contributed by atoms with van der Waals surface area (Å²) in [6.07, 6.45) is 1.99. The van der Waals surface area contributed by atoms with Gasteiger partial charge < -0.3 is 19.7 Å². The average Bonchev–Trinajstić information content (AvgIpc) is 3.22. The first-order valence-corrected chi connectivity index (χ1v) is 9.08. The summed E-state index contributed by atoms with van der Waals surface area (Å²) in [6, 6.07) is 7.55. The summed E-state index contributed by atoms with van der Waals surface area (Å²) in [5.74, 6) is 0.260. The van der Waals surface area contributed by atoms with Gasteiger partial charge in [0.15, 0.2) is 0 Å². The Balaban J connectivity index is 1.90. The lowest BCUT2D eigenvalue weighted by atomic mass is 10.1. The van der Waals surface area contributed by atoms with Crippen LogP contribution in [0.1, 0.15) is 23.2 Å². The fraction of sp³-hybridized carbons (Fsp3) is 0.316. The number of hydrogen-bond donors (Lipinski definition) is 1. The Kier molecular flexibility index (Phi) is 5.89. The molecule has 1 amide bonds. The van der Waals surface area contributed by atoms with Crippen LogP contribution >= 0.6 is 11.6 Å². The van der Waals surface area contributed by atoms with Gasteiger partial charge in [0.1, 0.15) is 17.2 Å². The first-order valence-electron chi connectivity index (χ1n) is 8.71. The van der Waals surface area contributed by atoms with Crippen molar-refractivity contribution in [3.05, 3.63) is 51.0 Å². The molecule has 9 heteroatoms. The number of nitro groups is 1. The van der Waals surface area contributed by atoms with E-state index in [4.69, 9.17) is 21.1 Å². The first-order chi connectivity index (χ1) is 13.4. The zero-order chi connectivity index (χ0) is 20.3. The monoisotopic (exact) mass is 405 g/mol. The van der Waals surface area contributed by atoms with Gasteiger partial charge >= 0.3 is 0 Å². The van der Waals surface area contributed by atoms with E-state index < -0.39 is 10.8 Å². The van der Waals surface area contributed by atoms with Crippen LogP contribution < -0.4 is 19.7 Å². The number of carbonyl (C=O) groups is 1. The van der Waals surface area contributed by atoms with E-state index in [9.17, 15) is 14.9 Å². The van der Waals surface area contributed by atoms with Crippen molar-refractivity contribution in [2.75, 3.05) is 37.5 Å². The third-order valence-electron chi connectivity index (χ3n) is 4.60. The number of anilines is 2. The predicted molar refractivity (Wildman–Crippen MR) is 107 cm³/mol. The van der Waals surface area contributed by atoms with Crippen LogP contribution in [0.3, 0.4) is 0 Å². The number of nitro benzene ring substituents is 1. The van der Waals surface area contributed by atoms with Crippen molar-refractivity contribution in [2.45, 2.75) is 12.8 Å². The molecular formula is C19H20ClN3O5. The van der Waals surface area contributed by atoms with Crippen molar-refractivity contribution in [2.24, 2.45) is 0 Å². The lowest BCUT2D eigenvalue weighted by Crippen LogP contribution is -2.20. The molecule has 0 radical (unpaired) electrons. The molecule has 28 heavy (non-hydrogen) atoms. The molecule has 1 aliphatic heterocycles. The summed E-state index contributed by atoms with van der Waals surface area (Å²) >= 11 is 6.12. The second kappa shape index (κ2) is 8.35. The number of methoxy groups -OCH3 is 2. The molecule has 148 valence electrons. The fourth-order valence-corrected chi connectivity index (χ4v) is 3.43. The smallest absolute Gasteiger partial charge is 0.293 e. The molecule has 0 aliphatic carbocycles. The van der Waals surface area contributed by atoms with Crippen molar-refractivity contribution < 1.29 is 19.2 Å². The minimum Gasteiger partial charge on any atom is -0.495 e. The minimum absolute atomic E-state index is 0.0886. The van der Waals surface area contributed by atoms with Crippen LogP contribution in [0.4, 0.5) is 17.1 Å². The zero-order valence-corrected chi connectivity index (χ0v) is 16.3. The average molecular weight is 406 g/mol. The quantitative estimate of drug-likeness (QED) is 0.574. The van der Waals surface area contributed by atoms with Crippen LogP contribution in [0.15, 0.2) is 30.3 Å². The molecule has 0 unspecified atom stereocenters. The molecule has 0 bridgehead atoms. The second-order valence-electron chi connectivity index (χ2n) is 6.30. The van der Waals surface area contributed by atoms with Crippen molar-refractivity contribution >= 4 is 34.6 Å². The van der Waals surface area contributed by atoms with E-state index >= 15 is 0 Å². The van der Waals surface area contributed by atoms with Crippen LogP contribution in [0.25, 0.3) is 0 Å². The molecule has 2 aromatic rings. The Hall–Kier alpha value is -3.00. The topological polar surface area (TPSA) is 93.9 Å². The summed E-state index contributed by atoms with van der Waals surface area (Å²) in [5, 5.41) is 14.5. The number of halogens is 1. The minimum atomic E-state index is -0.504.